The van der Waals surface area contributed by atoms with Crippen LogP contribution < -0.4 is 11.1 Å². The Kier molecular flexibility index (Phi) is 5.97. The van der Waals surface area contributed by atoms with Gasteiger partial charge in [-0.2, -0.15) is 4.98 Å². The number of nitrogens with two attached hydrogens (primary N) is 1. The van der Waals surface area contributed by atoms with Crippen molar-refractivity contribution in [2.75, 3.05) is 38.0 Å². The summed E-state index contributed by atoms with van der Waals surface area (Å²) in [7, 11) is 0. The summed E-state index contributed by atoms with van der Waals surface area (Å²) in [4.78, 5) is 21.0. The fourth-order valence-electron chi connectivity index (χ4n) is 3.14. The number of carbonyl (C=O) groups is 1. The number of nitrogens with zero attached hydrogens (tertiary/aromatic N) is 4. The maximum atomic E-state index is 12.4. The smallest absolute Gasteiger partial charge is 0.240 e. The number of benzene rings is 1. The largest absolute Gasteiger partial charge is 0.338 e. The molecule has 0 aliphatic carbocycles. The number of carbonyl (C=O) groups excluding carboxylic acids is 1. The van der Waals surface area contributed by atoms with Gasteiger partial charge >= 0.3 is 0 Å². The number of aromatic nitrogens is 2. The normalized spacial score (nSPS) is 16.0. The zero-order valence-electron chi connectivity index (χ0n) is 15.4. The molecular weight excluding hydrogens is 332 g/mol. The summed E-state index contributed by atoms with van der Waals surface area (Å²) in [5.74, 6) is 1.15. The van der Waals surface area contributed by atoms with Crippen molar-refractivity contribution < 1.29 is 9.32 Å². The van der Waals surface area contributed by atoms with Gasteiger partial charge in [0.1, 0.15) is 0 Å². The summed E-state index contributed by atoms with van der Waals surface area (Å²) >= 11 is 0. The minimum Gasteiger partial charge on any atom is -0.338 e. The summed E-state index contributed by atoms with van der Waals surface area (Å²) in [6.07, 6.45) is 0. The number of hydrogen-bond donors (Lipinski definition) is 2. The van der Waals surface area contributed by atoms with Gasteiger partial charge in [0.15, 0.2) is 5.82 Å². The lowest BCUT2D eigenvalue weighted by Gasteiger charge is -2.33. The molecule has 3 N–H and O–H groups in total. The molecule has 0 radical (unpaired) electrons. The molecular formula is C18H26N6O2. The highest BCUT2D eigenvalue weighted by molar-refractivity contribution is 5.93. The first-order valence-corrected chi connectivity index (χ1v) is 8.87. The highest BCUT2D eigenvalue weighted by Gasteiger charge is 2.21. The average molecular weight is 358 g/mol. The van der Waals surface area contributed by atoms with Crippen LogP contribution in [-0.2, 0) is 17.9 Å². The van der Waals surface area contributed by atoms with Gasteiger partial charge in [-0.15, -0.1) is 0 Å². The fourth-order valence-corrected chi connectivity index (χ4v) is 3.14. The van der Waals surface area contributed by atoms with Crippen molar-refractivity contribution in [1.29, 1.82) is 0 Å². The molecule has 0 bridgehead atoms. The van der Waals surface area contributed by atoms with Crippen LogP contribution >= 0.6 is 0 Å². The number of rotatable bonds is 6. The quantitative estimate of drug-likeness (QED) is 0.791. The molecule has 2 heterocycles. The molecule has 8 nitrogen and oxygen atoms in total. The van der Waals surface area contributed by atoms with E-state index in [-0.39, 0.29) is 12.5 Å². The van der Waals surface area contributed by atoms with E-state index < -0.39 is 0 Å². The monoisotopic (exact) mass is 358 g/mol. The minimum absolute atomic E-state index is 0.0293. The van der Waals surface area contributed by atoms with Gasteiger partial charge in [0.2, 0.25) is 11.8 Å². The number of anilines is 1. The maximum Gasteiger partial charge on any atom is 0.240 e. The van der Waals surface area contributed by atoms with Crippen LogP contribution in [0.15, 0.2) is 22.7 Å². The predicted molar refractivity (Wildman–Crippen MR) is 98.5 cm³/mol. The van der Waals surface area contributed by atoms with Crippen molar-refractivity contribution in [2.45, 2.75) is 26.9 Å². The SMILES string of the molecule is Cc1cccc(C)c1NC(=O)CN1CCN(Cc2noc(CN)n2)CC1. The number of piperazine rings is 1. The molecule has 1 aliphatic heterocycles. The summed E-state index contributed by atoms with van der Waals surface area (Å²) in [5.41, 5.74) is 8.57. The van der Waals surface area contributed by atoms with E-state index in [4.69, 9.17) is 10.3 Å². The molecule has 1 amide bonds. The topological polar surface area (TPSA) is 101 Å². The highest BCUT2D eigenvalue weighted by Crippen LogP contribution is 2.19. The molecule has 8 heteroatoms. The third-order valence-corrected chi connectivity index (χ3v) is 4.63. The van der Waals surface area contributed by atoms with Crippen LogP contribution in [-0.4, -0.2) is 58.6 Å². The van der Waals surface area contributed by atoms with E-state index in [9.17, 15) is 4.79 Å². The van der Waals surface area contributed by atoms with Crippen LogP contribution in [0.4, 0.5) is 5.69 Å². The summed E-state index contributed by atoms with van der Waals surface area (Å²) in [6, 6.07) is 6.02. The van der Waals surface area contributed by atoms with Crippen molar-refractivity contribution >= 4 is 11.6 Å². The van der Waals surface area contributed by atoms with Gasteiger partial charge in [0.05, 0.1) is 19.6 Å². The lowest BCUT2D eigenvalue weighted by Crippen LogP contribution is -2.48. The minimum atomic E-state index is 0.0293. The van der Waals surface area contributed by atoms with Crippen molar-refractivity contribution in [2.24, 2.45) is 5.73 Å². The molecule has 2 aromatic rings. The third kappa shape index (κ3) is 4.66. The average Bonchev–Trinajstić information content (AvgIpc) is 3.08. The second kappa shape index (κ2) is 8.39. The van der Waals surface area contributed by atoms with E-state index in [1.807, 2.05) is 32.0 Å². The van der Waals surface area contributed by atoms with Crippen molar-refractivity contribution in [1.82, 2.24) is 19.9 Å². The number of para-hydroxylation sites is 1. The van der Waals surface area contributed by atoms with Crippen molar-refractivity contribution in [3.05, 3.63) is 41.0 Å². The standard InChI is InChI=1S/C18H26N6O2/c1-13-4-3-5-14(2)18(13)21-16(25)12-24-8-6-23(7-9-24)11-15-20-17(10-19)26-22-15/h3-5H,6-12,19H2,1-2H3,(H,21,25). The Morgan fingerprint density at radius 1 is 1.19 bits per heavy atom. The Balaban J connectivity index is 1.45. The summed E-state index contributed by atoms with van der Waals surface area (Å²) < 4.78 is 5.03. The first-order valence-electron chi connectivity index (χ1n) is 8.87. The van der Waals surface area contributed by atoms with Crippen molar-refractivity contribution in [3.8, 4) is 0 Å². The Morgan fingerprint density at radius 2 is 1.85 bits per heavy atom. The Labute approximate surface area is 153 Å². The van der Waals surface area contributed by atoms with Crippen LogP contribution in [0.1, 0.15) is 22.8 Å². The second-order valence-corrected chi connectivity index (χ2v) is 6.68. The highest BCUT2D eigenvalue weighted by atomic mass is 16.5. The van der Waals surface area contributed by atoms with E-state index in [1.165, 1.54) is 0 Å². The molecule has 1 aliphatic rings. The molecule has 1 aromatic heterocycles. The summed E-state index contributed by atoms with van der Waals surface area (Å²) in [5, 5.41) is 6.97. The van der Waals surface area contributed by atoms with Gasteiger partial charge in [-0.3, -0.25) is 14.6 Å². The van der Waals surface area contributed by atoms with Crippen molar-refractivity contribution in [3.63, 3.8) is 0 Å². The van der Waals surface area contributed by atoms with Gasteiger partial charge < -0.3 is 15.6 Å². The molecule has 26 heavy (non-hydrogen) atoms. The van der Waals surface area contributed by atoms with Gasteiger partial charge in [-0.1, -0.05) is 23.4 Å². The lowest BCUT2D eigenvalue weighted by molar-refractivity contribution is -0.117. The molecule has 1 saturated heterocycles. The summed E-state index contributed by atoms with van der Waals surface area (Å²) in [6.45, 7) is 8.73. The van der Waals surface area contributed by atoms with Gasteiger partial charge in [-0.25, -0.2) is 0 Å². The van der Waals surface area contributed by atoms with E-state index in [1.54, 1.807) is 0 Å². The van der Waals surface area contributed by atoms with Crippen LogP contribution in [0, 0.1) is 13.8 Å². The fraction of sp³-hybridized carbons (Fsp3) is 0.500. The van der Waals surface area contributed by atoms with E-state index in [0.29, 0.717) is 24.8 Å². The van der Waals surface area contributed by atoms with Gasteiger partial charge in [-0.05, 0) is 25.0 Å². The Hall–Kier alpha value is -2.29. The molecule has 0 saturated carbocycles. The zero-order chi connectivity index (χ0) is 18.5. The lowest BCUT2D eigenvalue weighted by atomic mass is 10.1. The molecule has 0 atom stereocenters. The maximum absolute atomic E-state index is 12.4. The molecule has 1 aromatic carbocycles. The molecule has 140 valence electrons. The first kappa shape index (κ1) is 18.5. The van der Waals surface area contributed by atoms with E-state index in [0.717, 1.165) is 43.0 Å². The number of nitrogens with one attached hydrogen (secondary N) is 1. The Morgan fingerprint density at radius 3 is 2.46 bits per heavy atom. The van der Waals surface area contributed by atoms with Gasteiger partial charge in [0, 0.05) is 31.9 Å². The first-order chi connectivity index (χ1) is 12.5. The van der Waals surface area contributed by atoms with Crippen LogP contribution in [0.5, 0.6) is 0 Å². The van der Waals surface area contributed by atoms with Crippen LogP contribution in [0.2, 0.25) is 0 Å². The van der Waals surface area contributed by atoms with Crippen LogP contribution in [0.3, 0.4) is 0 Å². The Bertz CT molecular complexity index is 732. The second-order valence-electron chi connectivity index (χ2n) is 6.68. The van der Waals surface area contributed by atoms with E-state index in [2.05, 4.69) is 25.3 Å². The van der Waals surface area contributed by atoms with Crippen LogP contribution in [0.25, 0.3) is 0 Å². The number of amides is 1. The van der Waals surface area contributed by atoms with E-state index >= 15 is 0 Å². The molecule has 1 fully saturated rings. The zero-order valence-corrected chi connectivity index (χ0v) is 15.4. The number of aryl methyl sites for hydroxylation is 2. The molecule has 0 spiro atoms. The number of hydrogen-bond acceptors (Lipinski definition) is 7. The van der Waals surface area contributed by atoms with Gasteiger partial charge in [0.25, 0.3) is 0 Å². The molecule has 0 unspecified atom stereocenters. The molecule has 3 rings (SSSR count). The predicted octanol–water partition coefficient (Wildman–Crippen LogP) is 0.901. The third-order valence-electron chi connectivity index (χ3n) is 4.63.